The molecule has 1 saturated heterocycles. The molecule has 0 bridgehead atoms. The van der Waals surface area contributed by atoms with Gasteiger partial charge in [0, 0.05) is 23.5 Å². The molecule has 3 aromatic rings. The maximum atomic E-state index is 13.3. The number of hydrogen-bond acceptors (Lipinski definition) is 4. The second-order valence-electron chi connectivity index (χ2n) is 5.99. The van der Waals surface area contributed by atoms with Crippen LogP contribution in [0.3, 0.4) is 0 Å². The van der Waals surface area contributed by atoms with E-state index < -0.39 is 0 Å². The quantitative estimate of drug-likeness (QED) is 0.706. The van der Waals surface area contributed by atoms with Gasteiger partial charge >= 0.3 is 0 Å². The molecule has 1 fully saturated rings. The number of piperidine rings is 1. The summed E-state index contributed by atoms with van der Waals surface area (Å²) in [4.78, 5) is 11.7. The molecule has 1 aliphatic rings. The molecule has 4 rings (SSSR count). The Morgan fingerprint density at radius 1 is 1.22 bits per heavy atom. The van der Waals surface area contributed by atoms with E-state index in [0.29, 0.717) is 6.04 Å². The molecule has 0 spiro atoms. The van der Waals surface area contributed by atoms with Crippen molar-refractivity contribution in [3.8, 4) is 0 Å². The molecule has 5 heteroatoms. The average molecular weight is 327 g/mol. The summed E-state index contributed by atoms with van der Waals surface area (Å²) in [6, 6.07) is 9.12. The molecule has 118 valence electrons. The summed E-state index contributed by atoms with van der Waals surface area (Å²) in [5, 5.41) is 4.10. The number of benzene rings is 1. The first-order valence-electron chi connectivity index (χ1n) is 7.98. The Kier molecular flexibility index (Phi) is 4.06. The molecule has 1 atom stereocenters. The molecule has 0 amide bonds. The van der Waals surface area contributed by atoms with Crippen LogP contribution in [0.5, 0.6) is 0 Å². The van der Waals surface area contributed by atoms with Gasteiger partial charge in [-0.2, -0.15) is 0 Å². The first-order valence-corrected chi connectivity index (χ1v) is 8.86. The van der Waals surface area contributed by atoms with Gasteiger partial charge in [0.2, 0.25) is 0 Å². The number of halogens is 1. The lowest BCUT2D eigenvalue weighted by Gasteiger charge is -2.34. The summed E-state index contributed by atoms with van der Waals surface area (Å²) in [7, 11) is 0. The highest BCUT2D eigenvalue weighted by atomic mass is 32.1. The minimum atomic E-state index is -0.216. The first kappa shape index (κ1) is 14.7. The largest absolute Gasteiger partial charge is 0.288 e. The van der Waals surface area contributed by atoms with Crippen LogP contribution in [-0.2, 0) is 6.54 Å². The molecule has 0 aliphatic carbocycles. The van der Waals surface area contributed by atoms with Crippen LogP contribution in [0.2, 0.25) is 0 Å². The van der Waals surface area contributed by atoms with Gasteiger partial charge in [0.1, 0.15) is 10.8 Å². The topological polar surface area (TPSA) is 29.0 Å². The maximum absolute atomic E-state index is 13.3. The fourth-order valence-electron chi connectivity index (χ4n) is 3.29. The maximum Gasteiger partial charge on any atom is 0.123 e. The van der Waals surface area contributed by atoms with Crippen molar-refractivity contribution in [3.63, 3.8) is 0 Å². The highest BCUT2D eigenvalue weighted by molar-refractivity contribution is 7.09. The van der Waals surface area contributed by atoms with Crippen LogP contribution in [0, 0.1) is 5.82 Å². The van der Waals surface area contributed by atoms with Crippen LogP contribution >= 0.6 is 11.3 Å². The van der Waals surface area contributed by atoms with E-state index in [1.54, 1.807) is 17.4 Å². The Morgan fingerprint density at radius 2 is 2.17 bits per heavy atom. The van der Waals surface area contributed by atoms with Crippen LogP contribution < -0.4 is 0 Å². The molecular weight excluding hydrogens is 309 g/mol. The van der Waals surface area contributed by atoms with Crippen molar-refractivity contribution in [2.75, 3.05) is 6.54 Å². The zero-order valence-electron chi connectivity index (χ0n) is 12.8. The Labute approximate surface area is 138 Å². The molecule has 0 N–H and O–H groups in total. The predicted molar refractivity (Wildman–Crippen MR) is 90.8 cm³/mol. The third-order valence-corrected chi connectivity index (χ3v) is 5.30. The van der Waals surface area contributed by atoms with Crippen molar-refractivity contribution in [3.05, 3.63) is 58.4 Å². The highest BCUT2D eigenvalue weighted by Crippen LogP contribution is 2.33. The van der Waals surface area contributed by atoms with Crippen molar-refractivity contribution in [2.24, 2.45) is 0 Å². The molecule has 0 radical (unpaired) electrons. The normalized spacial score (nSPS) is 19.3. The SMILES string of the molecule is Fc1ccc2nc(CN3CCCC[C@@H]3c3nccs3)ccc2c1. The molecule has 3 heterocycles. The molecule has 1 aromatic carbocycles. The van der Waals surface area contributed by atoms with Gasteiger partial charge < -0.3 is 0 Å². The Hall–Kier alpha value is -1.85. The third kappa shape index (κ3) is 3.12. The Morgan fingerprint density at radius 3 is 3.04 bits per heavy atom. The summed E-state index contributed by atoms with van der Waals surface area (Å²) in [6.07, 6.45) is 5.52. The van der Waals surface area contributed by atoms with Gasteiger partial charge in [0.15, 0.2) is 0 Å². The number of nitrogens with zero attached hydrogens (tertiary/aromatic N) is 3. The Balaban J connectivity index is 1.59. The molecule has 1 aliphatic heterocycles. The van der Waals surface area contributed by atoms with Gasteiger partial charge in [-0.3, -0.25) is 9.88 Å². The fourth-order valence-corrected chi connectivity index (χ4v) is 4.10. The van der Waals surface area contributed by atoms with Crippen molar-refractivity contribution >= 4 is 22.2 Å². The smallest absolute Gasteiger partial charge is 0.123 e. The number of rotatable bonds is 3. The Bertz CT molecular complexity index is 803. The van der Waals surface area contributed by atoms with Gasteiger partial charge in [-0.05, 0) is 43.7 Å². The van der Waals surface area contributed by atoms with E-state index in [-0.39, 0.29) is 5.82 Å². The van der Waals surface area contributed by atoms with Gasteiger partial charge in [-0.1, -0.05) is 12.5 Å². The number of likely N-dealkylation sites (tertiary alicyclic amines) is 1. The van der Waals surface area contributed by atoms with E-state index in [1.807, 2.05) is 23.7 Å². The standard InChI is InChI=1S/C18H18FN3S/c19-14-5-7-16-13(11-14)4-6-15(21-16)12-22-9-2-1-3-17(22)18-20-8-10-23-18/h4-8,10-11,17H,1-3,9,12H2/t17-/m1/s1. The van der Waals surface area contributed by atoms with Crippen LogP contribution in [0.15, 0.2) is 41.9 Å². The number of hydrogen-bond donors (Lipinski definition) is 0. The van der Waals surface area contributed by atoms with E-state index in [0.717, 1.165) is 36.1 Å². The van der Waals surface area contributed by atoms with Gasteiger partial charge in [0.25, 0.3) is 0 Å². The van der Waals surface area contributed by atoms with Gasteiger partial charge in [-0.25, -0.2) is 9.37 Å². The van der Waals surface area contributed by atoms with Crippen molar-refractivity contribution in [1.29, 1.82) is 0 Å². The van der Waals surface area contributed by atoms with E-state index in [1.165, 1.54) is 30.0 Å². The number of pyridine rings is 1. The second-order valence-corrected chi connectivity index (χ2v) is 6.92. The second kappa shape index (κ2) is 6.34. The summed E-state index contributed by atoms with van der Waals surface area (Å²) >= 11 is 1.73. The average Bonchev–Trinajstić information content (AvgIpc) is 3.10. The van der Waals surface area contributed by atoms with E-state index in [2.05, 4.69) is 9.88 Å². The molecular formula is C18H18FN3S. The highest BCUT2D eigenvalue weighted by Gasteiger charge is 2.26. The van der Waals surface area contributed by atoms with Gasteiger partial charge in [0.05, 0.1) is 17.3 Å². The first-order chi connectivity index (χ1) is 11.3. The van der Waals surface area contributed by atoms with Crippen LogP contribution in [0.25, 0.3) is 10.9 Å². The molecule has 2 aromatic heterocycles. The summed E-state index contributed by atoms with van der Waals surface area (Å²) in [5.41, 5.74) is 1.89. The van der Waals surface area contributed by atoms with E-state index in [9.17, 15) is 4.39 Å². The van der Waals surface area contributed by atoms with Gasteiger partial charge in [-0.15, -0.1) is 11.3 Å². The van der Waals surface area contributed by atoms with Crippen LogP contribution in [0.1, 0.15) is 36.0 Å². The molecule has 23 heavy (non-hydrogen) atoms. The van der Waals surface area contributed by atoms with E-state index in [4.69, 9.17) is 4.98 Å². The van der Waals surface area contributed by atoms with Crippen molar-refractivity contribution in [2.45, 2.75) is 31.8 Å². The lowest BCUT2D eigenvalue weighted by molar-refractivity contribution is 0.138. The predicted octanol–water partition coefficient (Wildman–Crippen LogP) is 4.56. The van der Waals surface area contributed by atoms with E-state index >= 15 is 0 Å². The fraction of sp³-hybridized carbons (Fsp3) is 0.333. The van der Waals surface area contributed by atoms with Crippen molar-refractivity contribution < 1.29 is 4.39 Å². The number of aromatic nitrogens is 2. The lowest BCUT2D eigenvalue weighted by atomic mass is 10.0. The summed E-state index contributed by atoms with van der Waals surface area (Å²) in [5.74, 6) is -0.216. The minimum absolute atomic E-state index is 0.216. The summed E-state index contributed by atoms with van der Waals surface area (Å²) in [6.45, 7) is 1.89. The van der Waals surface area contributed by atoms with Crippen LogP contribution in [-0.4, -0.2) is 21.4 Å². The zero-order chi connectivity index (χ0) is 15.6. The van der Waals surface area contributed by atoms with Crippen LogP contribution in [0.4, 0.5) is 4.39 Å². The lowest BCUT2D eigenvalue weighted by Crippen LogP contribution is -2.33. The summed E-state index contributed by atoms with van der Waals surface area (Å²) < 4.78 is 13.3. The molecule has 3 nitrogen and oxygen atoms in total. The zero-order valence-corrected chi connectivity index (χ0v) is 13.6. The number of fused-ring (bicyclic) bond motifs is 1. The molecule has 0 saturated carbocycles. The molecule has 0 unspecified atom stereocenters. The number of thiazole rings is 1. The van der Waals surface area contributed by atoms with Crippen molar-refractivity contribution in [1.82, 2.24) is 14.9 Å². The minimum Gasteiger partial charge on any atom is -0.288 e. The third-order valence-electron chi connectivity index (χ3n) is 4.42. The monoisotopic (exact) mass is 327 g/mol.